The van der Waals surface area contributed by atoms with Gasteiger partial charge in [0.25, 0.3) is 0 Å². The second kappa shape index (κ2) is 504. The standard InChI is InChI=1S/81Ca.5H3O4P/c;;;;;;;;;;;;;;;;;;;;;;;;;;;;;;;;;;;;;;;;;;;;;;;;;;;;;;;;;;;;;;;;;;;;;;;;;;;;;;;;;5*1-5(2,3)4/h;;;;;;;;;;;;;;;;;;;;;;;;;;;;;;;;;;;;;;;;;;;;;;;;;;;;;;;;;;;;;;;;;;;;;;;;;;;;;;;;;5*(H3,1,2,3,4)/q81*+2;;;;;. The quantitative estimate of drug-likeness (QED) is 0.0791. The second-order valence-electron chi connectivity index (χ2n) is 2.57. The van der Waals surface area contributed by atoms with Gasteiger partial charge in [-0.1, -0.05) is 0 Å². The molecule has 0 heterocycles. The Labute approximate surface area is 3060 Å². The monoisotopic (exact) mass is 3730 g/mol. The minimum absolute atomic E-state index is 0. The van der Waals surface area contributed by atoms with Crippen molar-refractivity contribution in [3.05, 3.63) is 0 Å². The number of rotatable bonds is 0. The van der Waals surface area contributed by atoms with Crippen molar-refractivity contribution in [2.75, 3.05) is 0 Å². The normalized spacial score (nSPS) is 2.78. The smallest absolute Gasteiger partial charge is 0.303 e. The molecule has 0 spiro atoms. The molecule has 106 heavy (non-hydrogen) atoms. The number of hydrogen-bond donors (Lipinski definition) is 15. The third-order valence-electron chi connectivity index (χ3n) is 0. The first-order valence-corrected chi connectivity index (χ1v) is 11.7. The van der Waals surface area contributed by atoms with Crippen molar-refractivity contribution in [1.82, 2.24) is 0 Å². The van der Waals surface area contributed by atoms with Crippen LogP contribution in [0.4, 0.5) is 0 Å². The van der Waals surface area contributed by atoms with Gasteiger partial charge in [-0.15, -0.1) is 0 Å². The summed E-state index contributed by atoms with van der Waals surface area (Å²) in [6, 6.07) is 0. The molecule has 106 heteroatoms. The van der Waals surface area contributed by atoms with Crippen LogP contribution in [0.1, 0.15) is 0 Å². The van der Waals surface area contributed by atoms with Crippen molar-refractivity contribution < 1.29 is 96.2 Å². The fourth-order valence-corrected chi connectivity index (χ4v) is 0. The molecule has 0 unspecified atom stereocenters. The average Bonchev–Trinajstić information content (AvgIpc) is 1.79. The predicted molar refractivity (Wildman–Crippen MR) is 537 cm³/mol. The Balaban J connectivity index is -0.000000000471. The molecule has 0 aliphatic heterocycles. The van der Waals surface area contributed by atoms with Crippen molar-refractivity contribution >= 4 is 3100 Å². The van der Waals surface area contributed by atoms with E-state index >= 15 is 0 Å². The van der Waals surface area contributed by atoms with Gasteiger partial charge in [-0.25, -0.2) is 22.8 Å². The zero-order chi connectivity index (χ0) is 22.5. The second-order valence-corrected chi connectivity index (χ2v) is 7.70. The molecule has 0 radical (unpaired) electrons. The largest absolute Gasteiger partial charge is 2.00 e. The van der Waals surface area contributed by atoms with E-state index in [2.05, 4.69) is 0 Å². The molecule has 0 saturated heterocycles. The topological polar surface area (TPSA) is 389 Å². The van der Waals surface area contributed by atoms with Crippen molar-refractivity contribution in [3.63, 3.8) is 0 Å². The average molecular weight is 3740 g/mol. The first-order chi connectivity index (χ1) is 10.0. The summed E-state index contributed by atoms with van der Waals surface area (Å²) in [4.78, 5) is 108. The SMILES string of the molecule is O=P(O)(O)O.O=P(O)(O)O.O=P(O)(O)O.O=P(O)(O)O.O=P(O)(O)O.[Ca+2].[Ca+2].[Ca+2].[Ca+2].[Ca+2].[Ca+2].[Ca+2].[Ca+2].[Ca+2].[Ca+2].[Ca+2].[Ca+2].[Ca+2].[Ca+2].[Ca+2].[Ca+2].[Ca+2].[Ca+2].[Ca+2].[Ca+2].[Ca+2].[Ca+2].[Ca+2].[Ca+2].[Ca+2].[Ca+2].[Ca+2].[Ca+2].[Ca+2].[Ca+2].[Ca+2].[Ca+2].[Ca+2].[Ca+2].[Ca+2].[Ca+2].[Ca+2].[Ca+2].[Ca+2].[Ca+2].[Ca+2].[Ca+2].[Ca+2].[Ca+2].[Ca+2].[Ca+2].[Ca+2].[Ca+2].[Ca+2].[Ca+2].[Ca+2].[Ca+2].[Ca+2].[Ca+2].[Ca+2].[Ca+2].[Ca+2].[Ca+2].[Ca+2].[Ca+2].[Ca+2].[Ca+2].[Ca+2].[Ca+2].[Ca+2].[Ca+2].[Ca+2].[Ca+2].[Ca+2].[Ca+2].[Ca+2].[Ca+2].[Ca+2].[Ca+2].[Ca+2].[Ca+2].[Ca+2].[Ca+2].[Ca+2].[Ca+2].[Ca+2]. The molecule has 0 atom stereocenters. The molecule has 0 rings (SSSR count). The summed E-state index contributed by atoms with van der Waals surface area (Å²) in [5, 5.41) is 0. The van der Waals surface area contributed by atoms with Gasteiger partial charge in [0, 0.05) is 0 Å². The third kappa shape index (κ3) is 830. The molecule has 0 aliphatic carbocycles. The first-order valence-electron chi connectivity index (χ1n) is 3.91. The van der Waals surface area contributed by atoms with Gasteiger partial charge in [-0.3, -0.25) is 0 Å². The van der Waals surface area contributed by atoms with Gasteiger partial charge in [-0.2, -0.15) is 0 Å². The van der Waals surface area contributed by atoms with Gasteiger partial charge in [0.05, 0.1) is 0 Å². The van der Waals surface area contributed by atoms with Crippen molar-refractivity contribution in [2.45, 2.75) is 0 Å². The van der Waals surface area contributed by atoms with Crippen LogP contribution in [0.3, 0.4) is 0 Å². The summed E-state index contributed by atoms with van der Waals surface area (Å²) in [5.41, 5.74) is 0. The van der Waals surface area contributed by atoms with Crippen molar-refractivity contribution in [1.29, 1.82) is 0 Å². The maximum absolute atomic E-state index is 8.88. The van der Waals surface area contributed by atoms with Gasteiger partial charge in [-0.05, 0) is 0 Å². The Morgan fingerprint density at radius 1 is 0.0660 bits per heavy atom. The van der Waals surface area contributed by atoms with Crippen LogP contribution in [0.2, 0.25) is 0 Å². The summed E-state index contributed by atoms with van der Waals surface area (Å²) in [7, 11) is -23.2. The van der Waals surface area contributed by atoms with E-state index < -0.39 is 39.1 Å². The van der Waals surface area contributed by atoms with Gasteiger partial charge in [0.2, 0.25) is 0 Å². The molecule has 0 bridgehead atoms. The predicted octanol–water partition coefficient (Wildman–Crippen LogP) is -35.5. The molecule has 20 nitrogen and oxygen atoms in total. The van der Waals surface area contributed by atoms with Crippen LogP contribution in [0.25, 0.3) is 0 Å². The first kappa shape index (κ1) is 598. The van der Waals surface area contributed by atoms with Crippen molar-refractivity contribution in [2.24, 2.45) is 0 Å². The van der Waals surface area contributed by atoms with Crippen LogP contribution in [-0.4, -0.2) is 3130 Å². The Bertz CT molecular complexity index is 449. The summed E-state index contributed by atoms with van der Waals surface area (Å²) in [5.74, 6) is 0. The van der Waals surface area contributed by atoms with E-state index in [0.29, 0.717) is 0 Å². The van der Waals surface area contributed by atoms with E-state index in [1.165, 1.54) is 0 Å². The number of hydrogen-bond acceptors (Lipinski definition) is 5. The maximum Gasteiger partial charge on any atom is 2.00 e. The van der Waals surface area contributed by atoms with E-state index in [1.54, 1.807) is 0 Å². The van der Waals surface area contributed by atoms with Gasteiger partial charge in [0.1, 0.15) is 0 Å². The molecular formula is H15Ca81O20P5+162. The van der Waals surface area contributed by atoms with E-state index in [1.807, 2.05) is 0 Å². The molecule has 0 aromatic carbocycles. The van der Waals surface area contributed by atoms with E-state index in [4.69, 9.17) is 96.2 Å². The molecular weight excluding hydrogens is 3720 g/mol. The van der Waals surface area contributed by atoms with Crippen LogP contribution in [0, 0.1) is 0 Å². The van der Waals surface area contributed by atoms with Crippen molar-refractivity contribution in [3.8, 4) is 0 Å². The molecule has 0 fully saturated rings. The molecule has 0 saturated carbocycles. The zero-order valence-electron chi connectivity index (χ0n) is 68.3. The molecule has 0 aromatic rings. The zero-order valence-corrected chi connectivity index (χ0v) is 252. The Morgan fingerprint density at radius 2 is 0.0660 bits per heavy atom. The minimum atomic E-state index is -4.64. The summed E-state index contributed by atoms with van der Waals surface area (Å²) >= 11 is 0. The Kier molecular flexibility index (Phi) is 2840. The minimum Gasteiger partial charge on any atom is -0.303 e. The number of phosphoric acid groups is 5. The Hall–Kier alpha value is 103. The summed E-state index contributed by atoms with van der Waals surface area (Å²) in [6.45, 7) is 0. The molecule has 0 amide bonds. The van der Waals surface area contributed by atoms with Crippen LogP contribution >= 0.6 is 39.1 Å². The van der Waals surface area contributed by atoms with Crippen LogP contribution in [0.15, 0.2) is 0 Å². The van der Waals surface area contributed by atoms with Crippen LogP contribution < -0.4 is 0 Å². The molecule has 15 N–H and O–H groups in total. The Morgan fingerprint density at radius 3 is 0.0660 bits per heavy atom. The van der Waals surface area contributed by atoms with Crippen LogP contribution in [0.5, 0.6) is 0 Å². The van der Waals surface area contributed by atoms with Crippen LogP contribution in [-0.2, 0) is 22.8 Å². The fourth-order valence-electron chi connectivity index (χ4n) is 0. The van der Waals surface area contributed by atoms with Gasteiger partial charge >= 0.3 is 3100 Å². The molecule has 0 aliphatic rings. The van der Waals surface area contributed by atoms with Gasteiger partial charge < -0.3 is 73.4 Å². The maximum atomic E-state index is 8.88. The summed E-state index contributed by atoms with van der Waals surface area (Å²) in [6.07, 6.45) is 0. The summed E-state index contributed by atoms with van der Waals surface area (Å²) < 4.78 is 44.4. The van der Waals surface area contributed by atoms with E-state index in [9.17, 15) is 0 Å². The molecule has 160 valence electrons. The van der Waals surface area contributed by atoms with E-state index in [0.717, 1.165) is 0 Å². The van der Waals surface area contributed by atoms with Gasteiger partial charge in [0.15, 0.2) is 0 Å². The molecule has 0 aromatic heterocycles. The van der Waals surface area contributed by atoms with E-state index in [-0.39, 0.29) is 3060 Å². The third-order valence-corrected chi connectivity index (χ3v) is 0. The fraction of sp³-hybridized carbons (Fsp3) is 0.